The standard InChI is InChI=1S/C10H12ClNO3/c1-6-7(5-12-13)10-9(4-8(6)11)14-2-3-15-10/h4,12-13H,2-3,5H2,1H3. The molecule has 0 aromatic heterocycles. The summed E-state index contributed by atoms with van der Waals surface area (Å²) < 4.78 is 10.9. The van der Waals surface area contributed by atoms with Gasteiger partial charge in [0.05, 0.1) is 0 Å². The van der Waals surface area contributed by atoms with E-state index in [0.29, 0.717) is 29.7 Å². The molecule has 1 heterocycles. The largest absolute Gasteiger partial charge is 0.486 e. The smallest absolute Gasteiger partial charge is 0.166 e. The number of hydrogen-bond donors (Lipinski definition) is 2. The third kappa shape index (κ3) is 1.88. The van der Waals surface area contributed by atoms with E-state index in [0.717, 1.165) is 11.1 Å². The van der Waals surface area contributed by atoms with E-state index in [2.05, 4.69) is 5.48 Å². The maximum atomic E-state index is 8.75. The molecule has 0 saturated heterocycles. The Labute approximate surface area is 92.7 Å². The van der Waals surface area contributed by atoms with Crippen molar-refractivity contribution >= 4 is 11.6 Å². The Morgan fingerprint density at radius 2 is 2.20 bits per heavy atom. The summed E-state index contributed by atoms with van der Waals surface area (Å²) >= 11 is 6.04. The van der Waals surface area contributed by atoms with E-state index in [1.807, 2.05) is 6.92 Å². The van der Waals surface area contributed by atoms with Crippen molar-refractivity contribution in [2.45, 2.75) is 13.5 Å². The van der Waals surface area contributed by atoms with E-state index in [1.165, 1.54) is 0 Å². The van der Waals surface area contributed by atoms with Crippen molar-refractivity contribution in [1.29, 1.82) is 0 Å². The van der Waals surface area contributed by atoms with Crippen molar-refractivity contribution < 1.29 is 14.7 Å². The van der Waals surface area contributed by atoms with Gasteiger partial charge in [-0.15, -0.1) is 0 Å². The summed E-state index contributed by atoms with van der Waals surface area (Å²) in [6.45, 7) is 3.22. The van der Waals surface area contributed by atoms with Gasteiger partial charge >= 0.3 is 0 Å². The monoisotopic (exact) mass is 229 g/mol. The predicted molar refractivity (Wildman–Crippen MR) is 55.8 cm³/mol. The fourth-order valence-electron chi connectivity index (χ4n) is 1.60. The lowest BCUT2D eigenvalue weighted by molar-refractivity contribution is 0.150. The minimum atomic E-state index is 0.290. The van der Waals surface area contributed by atoms with Crippen LogP contribution in [0.2, 0.25) is 5.02 Å². The molecule has 0 fully saturated rings. The van der Waals surface area contributed by atoms with Gasteiger partial charge < -0.3 is 14.7 Å². The Hall–Kier alpha value is -0.970. The quantitative estimate of drug-likeness (QED) is 0.761. The second-order valence-electron chi connectivity index (χ2n) is 3.32. The lowest BCUT2D eigenvalue weighted by Crippen LogP contribution is -2.19. The molecule has 0 atom stereocenters. The van der Waals surface area contributed by atoms with Crippen LogP contribution in [0.25, 0.3) is 0 Å². The molecule has 0 unspecified atom stereocenters. The van der Waals surface area contributed by atoms with Crippen LogP contribution in [0.15, 0.2) is 6.07 Å². The lowest BCUT2D eigenvalue weighted by Gasteiger charge is -2.22. The average molecular weight is 230 g/mol. The summed E-state index contributed by atoms with van der Waals surface area (Å²) in [5.74, 6) is 1.31. The maximum Gasteiger partial charge on any atom is 0.166 e. The first-order valence-corrected chi connectivity index (χ1v) is 5.06. The van der Waals surface area contributed by atoms with Crippen LogP contribution in [0.3, 0.4) is 0 Å². The van der Waals surface area contributed by atoms with Crippen LogP contribution in [-0.4, -0.2) is 18.4 Å². The van der Waals surface area contributed by atoms with E-state index >= 15 is 0 Å². The number of hydroxylamine groups is 1. The molecule has 2 rings (SSSR count). The third-order valence-electron chi connectivity index (χ3n) is 2.41. The van der Waals surface area contributed by atoms with Crippen molar-refractivity contribution in [2.24, 2.45) is 0 Å². The number of nitrogens with one attached hydrogen (secondary N) is 1. The van der Waals surface area contributed by atoms with Gasteiger partial charge in [0.25, 0.3) is 0 Å². The van der Waals surface area contributed by atoms with Crippen LogP contribution in [0.5, 0.6) is 11.5 Å². The first-order chi connectivity index (χ1) is 7.24. The van der Waals surface area contributed by atoms with Gasteiger partial charge in [0, 0.05) is 23.2 Å². The SMILES string of the molecule is Cc1c(Cl)cc2c(c1CNO)OCCO2. The van der Waals surface area contributed by atoms with Gasteiger partial charge in [-0.3, -0.25) is 0 Å². The third-order valence-corrected chi connectivity index (χ3v) is 2.80. The summed E-state index contributed by atoms with van der Waals surface area (Å²) in [5, 5.41) is 9.36. The molecular weight excluding hydrogens is 218 g/mol. The number of rotatable bonds is 2. The number of halogens is 1. The van der Waals surface area contributed by atoms with Gasteiger partial charge in [0.2, 0.25) is 0 Å². The zero-order chi connectivity index (χ0) is 10.8. The van der Waals surface area contributed by atoms with E-state index in [4.69, 9.17) is 26.3 Å². The molecule has 1 aliphatic heterocycles. The van der Waals surface area contributed by atoms with Gasteiger partial charge in [-0.05, 0) is 12.5 Å². The number of ether oxygens (including phenoxy) is 2. The van der Waals surface area contributed by atoms with E-state index in [1.54, 1.807) is 6.07 Å². The highest BCUT2D eigenvalue weighted by Gasteiger charge is 2.19. The summed E-state index contributed by atoms with van der Waals surface area (Å²) in [6.07, 6.45) is 0. The van der Waals surface area contributed by atoms with E-state index in [9.17, 15) is 0 Å². The molecule has 0 bridgehead atoms. The molecule has 15 heavy (non-hydrogen) atoms. The van der Waals surface area contributed by atoms with Crippen molar-refractivity contribution in [1.82, 2.24) is 5.48 Å². The first kappa shape index (κ1) is 10.5. The van der Waals surface area contributed by atoms with Crippen LogP contribution < -0.4 is 15.0 Å². The van der Waals surface area contributed by atoms with E-state index in [-0.39, 0.29) is 6.54 Å². The van der Waals surface area contributed by atoms with Gasteiger partial charge in [0.1, 0.15) is 13.2 Å². The highest BCUT2D eigenvalue weighted by Crippen LogP contribution is 2.39. The average Bonchev–Trinajstić information content (AvgIpc) is 2.25. The predicted octanol–water partition coefficient (Wildman–Crippen LogP) is 1.90. The molecule has 1 aromatic carbocycles. The molecule has 5 heteroatoms. The van der Waals surface area contributed by atoms with Crippen molar-refractivity contribution in [3.8, 4) is 11.5 Å². The fraction of sp³-hybridized carbons (Fsp3) is 0.400. The highest BCUT2D eigenvalue weighted by molar-refractivity contribution is 6.31. The highest BCUT2D eigenvalue weighted by atomic mass is 35.5. The van der Waals surface area contributed by atoms with Gasteiger partial charge in [-0.25, -0.2) is 5.48 Å². The zero-order valence-corrected chi connectivity index (χ0v) is 9.10. The minimum absolute atomic E-state index is 0.290. The second kappa shape index (κ2) is 4.26. The Morgan fingerprint density at radius 1 is 1.47 bits per heavy atom. The first-order valence-electron chi connectivity index (χ1n) is 4.68. The number of hydrogen-bond acceptors (Lipinski definition) is 4. The van der Waals surface area contributed by atoms with Crippen LogP contribution >= 0.6 is 11.6 Å². The van der Waals surface area contributed by atoms with Crippen molar-refractivity contribution in [2.75, 3.05) is 13.2 Å². The van der Waals surface area contributed by atoms with E-state index < -0.39 is 0 Å². The van der Waals surface area contributed by atoms with Crippen molar-refractivity contribution in [3.05, 3.63) is 22.2 Å². The Morgan fingerprint density at radius 3 is 2.93 bits per heavy atom. The summed E-state index contributed by atoms with van der Waals surface area (Å²) in [6, 6.07) is 1.74. The van der Waals surface area contributed by atoms with Crippen molar-refractivity contribution in [3.63, 3.8) is 0 Å². The molecule has 1 aromatic rings. The Bertz CT molecular complexity index is 381. The summed E-state index contributed by atoms with van der Waals surface area (Å²) in [7, 11) is 0. The lowest BCUT2D eigenvalue weighted by atomic mass is 10.1. The molecule has 0 amide bonds. The topological polar surface area (TPSA) is 50.7 Å². The molecule has 4 nitrogen and oxygen atoms in total. The molecule has 2 N–H and O–H groups in total. The molecule has 0 radical (unpaired) electrons. The molecule has 0 spiro atoms. The van der Waals surface area contributed by atoms with Crippen LogP contribution in [0.4, 0.5) is 0 Å². The molecule has 1 aliphatic rings. The normalized spacial score (nSPS) is 14.1. The van der Waals surface area contributed by atoms with Crippen LogP contribution in [0, 0.1) is 6.92 Å². The minimum Gasteiger partial charge on any atom is -0.486 e. The van der Waals surface area contributed by atoms with Gasteiger partial charge in [-0.2, -0.15) is 0 Å². The zero-order valence-electron chi connectivity index (χ0n) is 8.34. The summed E-state index contributed by atoms with van der Waals surface area (Å²) in [4.78, 5) is 0. The molecule has 0 aliphatic carbocycles. The molecule has 0 saturated carbocycles. The van der Waals surface area contributed by atoms with Gasteiger partial charge in [0.15, 0.2) is 11.5 Å². The molecule has 82 valence electrons. The molecular formula is C10H12ClNO3. The van der Waals surface area contributed by atoms with Gasteiger partial charge in [-0.1, -0.05) is 11.6 Å². The summed E-state index contributed by atoms with van der Waals surface area (Å²) in [5.41, 5.74) is 3.83. The Balaban J connectivity index is 2.52. The fourth-order valence-corrected chi connectivity index (χ4v) is 1.82. The Kier molecular flexibility index (Phi) is 3.00. The number of fused-ring (bicyclic) bond motifs is 1. The van der Waals surface area contributed by atoms with Crippen LogP contribution in [-0.2, 0) is 6.54 Å². The second-order valence-corrected chi connectivity index (χ2v) is 3.73. The maximum absolute atomic E-state index is 8.75. The van der Waals surface area contributed by atoms with Crippen LogP contribution in [0.1, 0.15) is 11.1 Å². The number of benzene rings is 1.